The largest absolute Gasteiger partial charge is 0.452 e. The third-order valence-corrected chi connectivity index (χ3v) is 4.72. The van der Waals surface area contributed by atoms with Gasteiger partial charge in [0.15, 0.2) is 6.61 Å². The normalized spacial score (nSPS) is 24.6. The summed E-state index contributed by atoms with van der Waals surface area (Å²) in [5.74, 6) is 0.297. The highest BCUT2D eigenvalue weighted by molar-refractivity contribution is 6.30. The molecule has 1 fully saturated rings. The van der Waals surface area contributed by atoms with Crippen molar-refractivity contribution in [2.24, 2.45) is 11.8 Å². The lowest BCUT2D eigenvalue weighted by atomic mass is 9.78. The van der Waals surface area contributed by atoms with E-state index in [2.05, 4.69) is 19.2 Å². The molecule has 0 aromatic heterocycles. The van der Waals surface area contributed by atoms with Crippen LogP contribution in [0.5, 0.6) is 0 Å². The van der Waals surface area contributed by atoms with E-state index < -0.39 is 5.97 Å². The molecule has 1 saturated carbocycles. The predicted molar refractivity (Wildman–Crippen MR) is 85.8 cm³/mol. The lowest BCUT2D eigenvalue weighted by Gasteiger charge is -2.34. The van der Waals surface area contributed by atoms with E-state index in [1.54, 1.807) is 24.3 Å². The van der Waals surface area contributed by atoms with Gasteiger partial charge in [-0.25, -0.2) is 4.79 Å². The molecule has 0 radical (unpaired) electrons. The third kappa shape index (κ3) is 4.47. The summed E-state index contributed by atoms with van der Waals surface area (Å²) in [6.07, 6.45) is 3.32. The van der Waals surface area contributed by atoms with Crippen molar-refractivity contribution in [1.82, 2.24) is 5.32 Å². The number of esters is 1. The molecule has 2 rings (SSSR count). The summed E-state index contributed by atoms with van der Waals surface area (Å²) in [6.45, 7) is 4.12. The molecular formula is C17H22ClNO3. The summed E-state index contributed by atoms with van der Waals surface area (Å²) >= 11 is 5.76. The zero-order valence-corrected chi connectivity index (χ0v) is 13.7. The molecule has 22 heavy (non-hydrogen) atoms. The molecule has 0 saturated heterocycles. The lowest BCUT2D eigenvalue weighted by Crippen LogP contribution is -2.45. The first-order valence-corrected chi connectivity index (χ1v) is 8.07. The maximum atomic E-state index is 11.9. The van der Waals surface area contributed by atoms with Gasteiger partial charge in [0.1, 0.15) is 0 Å². The minimum atomic E-state index is -0.517. The number of amides is 1. The molecule has 1 N–H and O–H groups in total. The van der Waals surface area contributed by atoms with Crippen LogP contribution < -0.4 is 5.32 Å². The Kier molecular flexibility index (Phi) is 5.83. The molecule has 120 valence electrons. The smallest absolute Gasteiger partial charge is 0.338 e. The Labute approximate surface area is 136 Å². The Morgan fingerprint density at radius 3 is 2.59 bits per heavy atom. The maximum absolute atomic E-state index is 11.9. The molecule has 0 aliphatic heterocycles. The molecule has 1 aromatic carbocycles. The van der Waals surface area contributed by atoms with Gasteiger partial charge < -0.3 is 10.1 Å². The Balaban J connectivity index is 1.80. The monoisotopic (exact) mass is 323 g/mol. The summed E-state index contributed by atoms with van der Waals surface area (Å²) in [7, 11) is 0. The Morgan fingerprint density at radius 2 is 1.91 bits per heavy atom. The molecule has 1 aromatic rings. The molecule has 0 unspecified atom stereocenters. The Hall–Kier alpha value is -1.55. The lowest BCUT2D eigenvalue weighted by molar-refractivity contribution is -0.125. The molecule has 3 atom stereocenters. The zero-order chi connectivity index (χ0) is 16.1. The molecule has 1 aliphatic carbocycles. The summed E-state index contributed by atoms with van der Waals surface area (Å²) in [6, 6.07) is 6.55. The van der Waals surface area contributed by atoms with Crippen molar-refractivity contribution in [2.45, 2.75) is 39.2 Å². The van der Waals surface area contributed by atoms with Gasteiger partial charge in [-0.2, -0.15) is 0 Å². The molecule has 5 heteroatoms. The van der Waals surface area contributed by atoms with Gasteiger partial charge in [0.2, 0.25) is 0 Å². The number of carbonyl (C=O) groups excluding carboxylic acids is 2. The van der Waals surface area contributed by atoms with Gasteiger partial charge in [-0.05, 0) is 42.5 Å². The highest BCUT2D eigenvalue weighted by atomic mass is 35.5. The fourth-order valence-electron chi connectivity index (χ4n) is 2.83. The van der Waals surface area contributed by atoms with E-state index in [4.69, 9.17) is 16.3 Å². The fraction of sp³-hybridized carbons (Fsp3) is 0.529. The van der Waals surface area contributed by atoms with Crippen LogP contribution in [0.25, 0.3) is 0 Å². The number of carbonyl (C=O) groups is 2. The predicted octanol–water partition coefficient (Wildman–Crippen LogP) is 3.44. The minimum absolute atomic E-state index is 0.172. The number of benzene rings is 1. The van der Waals surface area contributed by atoms with Gasteiger partial charge in [-0.1, -0.05) is 38.3 Å². The van der Waals surface area contributed by atoms with Crippen molar-refractivity contribution in [1.29, 1.82) is 0 Å². The summed E-state index contributed by atoms with van der Waals surface area (Å²) < 4.78 is 5.04. The van der Waals surface area contributed by atoms with Crippen LogP contribution in [0.1, 0.15) is 43.5 Å². The van der Waals surface area contributed by atoms with Crippen LogP contribution in [0.2, 0.25) is 5.02 Å². The second-order valence-electron chi connectivity index (χ2n) is 6.02. The van der Waals surface area contributed by atoms with Crippen molar-refractivity contribution >= 4 is 23.5 Å². The van der Waals surface area contributed by atoms with E-state index in [-0.39, 0.29) is 18.6 Å². The molecule has 0 bridgehead atoms. The SMILES string of the molecule is C[C@@H]1[C@H](C)CCC[C@@H]1NC(=O)COC(=O)c1ccc(Cl)cc1. The third-order valence-electron chi connectivity index (χ3n) is 4.47. The average molecular weight is 324 g/mol. The molecular weight excluding hydrogens is 302 g/mol. The van der Waals surface area contributed by atoms with Gasteiger partial charge >= 0.3 is 5.97 Å². The van der Waals surface area contributed by atoms with Crippen LogP contribution >= 0.6 is 11.6 Å². The van der Waals surface area contributed by atoms with Gasteiger partial charge in [-0.15, -0.1) is 0 Å². The number of hydrogen-bond donors (Lipinski definition) is 1. The van der Waals surface area contributed by atoms with E-state index in [0.717, 1.165) is 12.8 Å². The van der Waals surface area contributed by atoms with E-state index in [0.29, 0.717) is 22.4 Å². The molecule has 1 aliphatic rings. The number of halogens is 1. The molecule has 4 nitrogen and oxygen atoms in total. The highest BCUT2D eigenvalue weighted by Crippen LogP contribution is 2.29. The average Bonchev–Trinajstić information content (AvgIpc) is 2.50. The standard InChI is InChI=1S/C17H22ClNO3/c1-11-4-3-5-15(12(11)2)19-16(20)10-22-17(21)13-6-8-14(18)9-7-13/h6-9,11-12,15H,3-5,10H2,1-2H3,(H,19,20)/t11-,12-,15+/m1/s1. The van der Waals surface area contributed by atoms with E-state index in [1.165, 1.54) is 6.42 Å². The van der Waals surface area contributed by atoms with Crippen LogP contribution in [-0.2, 0) is 9.53 Å². The van der Waals surface area contributed by atoms with E-state index in [9.17, 15) is 9.59 Å². The van der Waals surface area contributed by atoms with Crippen molar-refractivity contribution in [3.8, 4) is 0 Å². The quantitative estimate of drug-likeness (QED) is 0.864. The van der Waals surface area contributed by atoms with Gasteiger partial charge in [0.25, 0.3) is 5.91 Å². The maximum Gasteiger partial charge on any atom is 0.338 e. The Bertz CT molecular complexity index is 529. The van der Waals surface area contributed by atoms with Crippen LogP contribution in [0.15, 0.2) is 24.3 Å². The minimum Gasteiger partial charge on any atom is -0.452 e. The second-order valence-corrected chi connectivity index (χ2v) is 6.46. The van der Waals surface area contributed by atoms with E-state index in [1.807, 2.05) is 0 Å². The van der Waals surface area contributed by atoms with Crippen molar-refractivity contribution < 1.29 is 14.3 Å². The van der Waals surface area contributed by atoms with Crippen LogP contribution in [-0.4, -0.2) is 24.5 Å². The molecule has 0 spiro atoms. The van der Waals surface area contributed by atoms with Crippen LogP contribution in [0, 0.1) is 11.8 Å². The zero-order valence-electron chi connectivity index (χ0n) is 13.0. The number of nitrogens with one attached hydrogen (secondary N) is 1. The topological polar surface area (TPSA) is 55.4 Å². The Morgan fingerprint density at radius 1 is 1.23 bits per heavy atom. The first-order valence-electron chi connectivity index (χ1n) is 7.69. The number of rotatable bonds is 4. The van der Waals surface area contributed by atoms with Gasteiger partial charge in [-0.3, -0.25) is 4.79 Å². The van der Waals surface area contributed by atoms with Crippen molar-refractivity contribution in [2.75, 3.05) is 6.61 Å². The fourth-order valence-corrected chi connectivity index (χ4v) is 2.96. The summed E-state index contributed by atoms with van der Waals surface area (Å²) in [4.78, 5) is 23.8. The van der Waals surface area contributed by atoms with Crippen molar-refractivity contribution in [3.05, 3.63) is 34.9 Å². The van der Waals surface area contributed by atoms with Gasteiger partial charge in [0.05, 0.1) is 5.56 Å². The first kappa shape index (κ1) is 16.8. The number of hydrogen-bond acceptors (Lipinski definition) is 3. The molecule has 0 heterocycles. The van der Waals surface area contributed by atoms with Crippen LogP contribution in [0.3, 0.4) is 0 Å². The van der Waals surface area contributed by atoms with Crippen LogP contribution in [0.4, 0.5) is 0 Å². The van der Waals surface area contributed by atoms with Gasteiger partial charge in [0, 0.05) is 11.1 Å². The number of ether oxygens (including phenoxy) is 1. The summed E-state index contributed by atoms with van der Waals surface area (Å²) in [5, 5.41) is 3.53. The molecule has 1 amide bonds. The first-order chi connectivity index (χ1) is 10.5. The summed E-state index contributed by atoms with van der Waals surface area (Å²) in [5.41, 5.74) is 0.386. The highest BCUT2D eigenvalue weighted by Gasteiger charge is 2.28. The van der Waals surface area contributed by atoms with E-state index >= 15 is 0 Å². The second kappa shape index (κ2) is 7.63. The van der Waals surface area contributed by atoms with Crippen molar-refractivity contribution in [3.63, 3.8) is 0 Å².